The summed E-state index contributed by atoms with van der Waals surface area (Å²) in [6, 6.07) is 2.76. The summed E-state index contributed by atoms with van der Waals surface area (Å²) in [5, 5.41) is 10.2. The van der Waals surface area contributed by atoms with Gasteiger partial charge in [-0.3, -0.25) is 0 Å². The molecule has 5 heteroatoms. The third kappa shape index (κ3) is 1.32. The molecule has 0 aliphatic carbocycles. The van der Waals surface area contributed by atoms with Crippen molar-refractivity contribution in [3.8, 4) is 0 Å². The predicted octanol–water partition coefficient (Wildman–Crippen LogP) is 1.57. The molecule has 16 heavy (non-hydrogen) atoms. The minimum atomic E-state index is -1.24. The van der Waals surface area contributed by atoms with E-state index in [9.17, 15) is 9.50 Å². The fraction of sp³-hybridized carbons (Fsp3) is 0.364. The molecular weight excluding hydrogens is 213 g/mol. The van der Waals surface area contributed by atoms with Gasteiger partial charge in [-0.25, -0.2) is 9.37 Å². The number of aromatic nitrogens is 1. The number of fused-ring (bicyclic) bond motifs is 1. The molecule has 1 aliphatic rings. The smallest absolute Gasteiger partial charge is 0.181 e. The second-order valence-electron chi connectivity index (χ2n) is 3.99. The van der Waals surface area contributed by atoms with Crippen LogP contribution in [0.2, 0.25) is 0 Å². The summed E-state index contributed by atoms with van der Waals surface area (Å²) in [5.74, 6) is -0.489. The molecule has 1 atom stereocenters. The maximum absolute atomic E-state index is 13.8. The Labute approximate surface area is 90.7 Å². The van der Waals surface area contributed by atoms with E-state index in [0.29, 0.717) is 24.1 Å². The van der Waals surface area contributed by atoms with E-state index >= 15 is 0 Å². The number of rotatable bonds is 1. The van der Waals surface area contributed by atoms with E-state index in [-0.39, 0.29) is 12.2 Å². The Kier molecular flexibility index (Phi) is 1.99. The second kappa shape index (κ2) is 3.26. The molecule has 1 aliphatic heterocycles. The van der Waals surface area contributed by atoms with Crippen molar-refractivity contribution >= 4 is 11.1 Å². The Morgan fingerprint density at radius 3 is 3.06 bits per heavy atom. The molecule has 0 amide bonds. The molecule has 0 bridgehead atoms. The number of nitrogens with zero attached hydrogens (tertiary/aromatic N) is 1. The summed E-state index contributed by atoms with van der Waals surface area (Å²) in [4.78, 5) is 3.94. The molecule has 1 aromatic heterocycles. The Morgan fingerprint density at radius 2 is 2.31 bits per heavy atom. The van der Waals surface area contributed by atoms with E-state index < -0.39 is 11.4 Å². The largest absolute Gasteiger partial charge is 0.443 e. The van der Waals surface area contributed by atoms with Crippen LogP contribution in [0.5, 0.6) is 0 Å². The third-order valence-corrected chi connectivity index (χ3v) is 2.92. The SMILES string of the molecule is OC1(c2cc3ncoc3cc2F)CCOC1. The molecular formula is C11H10FNO3. The minimum Gasteiger partial charge on any atom is -0.443 e. The molecule has 1 aromatic carbocycles. The molecule has 1 unspecified atom stereocenters. The van der Waals surface area contributed by atoms with Crippen molar-refractivity contribution < 1.29 is 18.7 Å². The molecule has 1 saturated heterocycles. The van der Waals surface area contributed by atoms with Crippen LogP contribution in [0.1, 0.15) is 12.0 Å². The molecule has 4 nitrogen and oxygen atoms in total. The first-order valence-electron chi connectivity index (χ1n) is 5.02. The second-order valence-corrected chi connectivity index (χ2v) is 3.99. The highest BCUT2D eigenvalue weighted by Crippen LogP contribution is 2.33. The summed E-state index contributed by atoms with van der Waals surface area (Å²) < 4.78 is 23.9. The van der Waals surface area contributed by atoms with Gasteiger partial charge >= 0.3 is 0 Å². The van der Waals surface area contributed by atoms with E-state index in [4.69, 9.17) is 9.15 Å². The average molecular weight is 223 g/mol. The molecule has 84 valence electrons. The molecule has 3 rings (SSSR count). The number of oxazole rings is 1. The fourth-order valence-electron chi connectivity index (χ4n) is 2.00. The number of aliphatic hydroxyl groups is 1. The van der Waals surface area contributed by atoms with Gasteiger partial charge in [-0.05, 0) is 6.07 Å². The van der Waals surface area contributed by atoms with Crippen molar-refractivity contribution in [3.05, 3.63) is 29.9 Å². The van der Waals surface area contributed by atoms with Gasteiger partial charge < -0.3 is 14.3 Å². The summed E-state index contributed by atoms with van der Waals surface area (Å²) in [6.07, 6.45) is 1.65. The van der Waals surface area contributed by atoms with Crippen molar-refractivity contribution in [1.82, 2.24) is 4.98 Å². The van der Waals surface area contributed by atoms with E-state index in [1.165, 1.54) is 18.5 Å². The lowest BCUT2D eigenvalue weighted by atomic mass is 9.92. The van der Waals surface area contributed by atoms with Crippen molar-refractivity contribution in [1.29, 1.82) is 0 Å². The predicted molar refractivity (Wildman–Crippen MR) is 53.3 cm³/mol. The first-order chi connectivity index (χ1) is 7.69. The molecule has 0 radical (unpaired) electrons. The Balaban J connectivity index is 2.18. The van der Waals surface area contributed by atoms with Crippen LogP contribution in [0.3, 0.4) is 0 Å². The van der Waals surface area contributed by atoms with Gasteiger partial charge in [0.15, 0.2) is 12.0 Å². The number of benzene rings is 1. The van der Waals surface area contributed by atoms with Crippen LogP contribution in [-0.2, 0) is 10.3 Å². The molecule has 1 N–H and O–H groups in total. The fourth-order valence-corrected chi connectivity index (χ4v) is 2.00. The van der Waals surface area contributed by atoms with E-state index in [1.807, 2.05) is 0 Å². The first-order valence-corrected chi connectivity index (χ1v) is 5.02. The van der Waals surface area contributed by atoms with Crippen molar-refractivity contribution in [2.24, 2.45) is 0 Å². The highest BCUT2D eigenvalue weighted by Gasteiger charge is 2.37. The standard InChI is InChI=1S/C11H10FNO3/c12-8-4-10-9(13-6-16-10)3-7(8)11(14)1-2-15-5-11/h3-4,6,14H,1-2,5H2. The van der Waals surface area contributed by atoms with Crippen LogP contribution in [0.4, 0.5) is 4.39 Å². The van der Waals surface area contributed by atoms with E-state index in [1.54, 1.807) is 0 Å². The highest BCUT2D eigenvalue weighted by atomic mass is 19.1. The van der Waals surface area contributed by atoms with Gasteiger partial charge in [0.2, 0.25) is 0 Å². The molecule has 0 spiro atoms. The van der Waals surface area contributed by atoms with Gasteiger partial charge in [0.25, 0.3) is 0 Å². The van der Waals surface area contributed by atoms with E-state index in [0.717, 1.165) is 0 Å². The van der Waals surface area contributed by atoms with Gasteiger partial charge in [0.1, 0.15) is 16.9 Å². The topological polar surface area (TPSA) is 55.5 Å². The van der Waals surface area contributed by atoms with Crippen molar-refractivity contribution in [2.75, 3.05) is 13.2 Å². The van der Waals surface area contributed by atoms with Crippen molar-refractivity contribution in [2.45, 2.75) is 12.0 Å². The van der Waals surface area contributed by atoms with Crippen LogP contribution in [0.25, 0.3) is 11.1 Å². The zero-order chi connectivity index (χ0) is 11.2. The number of hydrogen-bond donors (Lipinski definition) is 1. The summed E-state index contributed by atoms with van der Waals surface area (Å²) in [5.41, 5.74) is -0.0936. The summed E-state index contributed by atoms with van der Waals surface area (Å²) in [6.45, 7) is 0.556. The zero-order valence-electron chi connectivity index (χ0n) is 8.44. The Morgan fingerprint density at radius 1 is 1.44 bits per heavy atom. The third-order valence-electron chi connectivity index (χ3n) is 2.92. The summed E-state index contributed by atoms with van der Waals surface area (Å²) in [7, 11) is 0. The van der Waals surface area contributed by atoms with Gasteiger partial charge in [0, 0.05) is 24.7 Å². The maximum atomic E-state index is 13.8. The average Bonchev–Trinajstić information content (AvgIpc) is 2.85. The van der Waals surface area contributed by atoms with Crippen LogP contribution < -0.4 is 0 Å². The van der Waals surface area contributed by atoms with Crippen LogP contribution >= 0.6 is 0 Å². The van der Waals surface area contributed by atoms with Gasteiger partial charge in [-0.2, -0.15) is 0 Å². The van der Waals surface area contributed by atoms with E-state index in [2.05, 4.69) is 4.98 Å². The quantitative estimate of drug-likeness (QED) is 0.797. The number of hydrogen-bond acceptors (Lipinski definition) is 4. The summed E-state index contributed by atoms with van der Waals surface area (Å²) >= 11 is 0. The van der Waals surface area contributed by atoms with Gasteiger partial charge in [-0.15, -0.1) is 0 Å². The van der Waals surface area contributed by atoms with Crippen LogP contribution in [0, 0.1) is 5.82 Å². The zero-order valence-corrected chi connectivity index (χ0v) is 8.44. The number of ether oxygens (including phenoxy) is 1. The molecule has 0 saturated carbocycles. The normalized spacial score (nSPS) is 25.4. The lowest BCUT2D eigenvalue weighted by molar-refractivity contribution is 0.0203. The first kappa shape index (κ1) is 9.74. The molecule has 1 fully saturated rings. The van der Waals surface area contributed by atoms with Crippen molar-refractivity contribution in [3.63, 3.8) is 0 Å². The monoisotopic (exact) mass is 223 g/mol. The molecule has 2 aromatic rings. The number of halogens is 1. The maximum Gasteiger partial charge on any atom is 0.181 e. The Hall–Kier alpha value is -1.46. The molecule has 2 heterocycles. The van der Waals surface area contributed by atoms with Gasteiger partial charge in [0.05, 0.1) is 6.61 Å². The van der Waals surface area contributed by atoms with Crippen LogP contribution in [-0.4, -0.2) is 23.3 Å². The lowest BCUT2D eigenvalue weighted by Crippen LogP contribution is -2.27. The highest BCUT2D eigenvalue weighted by molar-refractivity contribution is 5.73. The minimum absolute atomic E-state index is 0.118. The lowest BCUT2D eigenvalue weighted by Gasteiger charge is -2.21. The van der Waals surface area contributed by atoms with Crippen LogP contribution in [0.15, 0.2) is 22.9 Å². The van der Waals surface area contributed by atoms with Gasteiger partial charge in [-0.1, -0.05) is 0 Å². The Bertz CT molecular complexity index is 531.